The zero-order chi connectivity index (χ0) is 13.7. The highest BCUT2D eigenvalue weighted by atomic mass is 19.1. The Morgan fingerprint density at radius 1 is 1.21 bits per heavy atom. The quantitative estimate of drug-likeness (QED) is 0.813. The third kappa shape index (κ3) is 4.56. The molecule has 0 spiro atoms. The largest absolute Gasteiger partial charge is 0.311 e. The van der Waals surface area contributed by atoms with E-state index in [1.807, 2.05) is 12.1 Å². The van der Waals surface area contributed by atoms with Gasteiger partial charge >= 0.3 is 0 Å². The van der Waals surface area contributed by atoms with Crippen LogP contribution >= 0.6 is 0 Å². The van der Waals surface area contributed by atoms with Crippen LogP contribution in [0.4, 0.5) is 4.39 Å². The van der Waals surface area contributed by atoms with Gasteiger partial charge in [0.05, 0.1) is 0 Å². The van der Waals surface area contributed by atoms with Crippen molar-refractivity contribution in [2.45, 2.75) is 13.5 Å². The molecule has 0 unspecified atom stereocenters. The Hall–Kier alpha value is -0.970. The minimum Gasteiger partial charge on any atom is -0.311 e. The van der Waals surface area contributed by atoms with Gasteiger partial charge in [0, 0.05) is 45.8 Å². The van der Waals surface area contributed by atoms with Gasteiger partial charge in [-0.2, -0.15) is 0 Å². The van der Waals surface area contributed by atoms with Gasteiger partial charge < -0.3 is 10.2 Å². The van der Waals surface area contributed by atoms with Gasteiger partial charge in [-0.1, -0.05) is 12.1 Å². The van der Waals surface area contributed by atoms with Crippen LogP contribution in [-0.2, 0) is 6.54 Å². The van der Waals surface area contributed by atoms with Gasteiger partial charge in [-0.15, -0.1) is 0 Å². The van der Waals surface area contributed by atoms with Gasteiger partial charge in [0.1, 0.15) is 5.82 Å². The lowest BCUT2D eigenvalue weighted by Gasteiger charge is -2.32. The fraction of sp³-hybridized carbons (Fsp3) is 0.600. The molecule has 1 fully saturated rings. The molecule has 0 bridgehead atoms. The molecule has 0 aromatic heterocycles. The molecule has 1 heterocycles. The van der Waals surface area contributed by atoms with Gasteiger partial charge in [-0.3, -0.25) is 4.90 Å². The molecule has 2 rings (SSSR count). The highest BCUT2D eigenvalue weighted by Gasteiger charge is 2.12. The molecule has 1 aromatic carbocycles. The van der Waals surface area contributed by atoms with Crippen molar-refractivity contribution in [3.63, 3.8) is 0 Å². The second kappa shape index (κ2) is 6.98. The monoisotopic (exact) mass is 265 g/mol. The molecule has 1 N–H and O–H groups in total. The zero-order valence-corrected chi connectivity index (χ0v) is 12.0. The lowest BCUT2D eigenvalue weighted by atomic mass is 10.1. The van der Waals surface area contributed by atoms with Gasteiger partial charge in [0.2, 0.25) is 0 Å². The third-order valence-corrected chi connectivity index (χ3v) is 3.77. The second-order valence-corrected chi connectivity index (χ2v) is 5.41. The maximum absolute atomic E-state index is 13.4. The number of nitrogens with zero attached hydrogens (tertiary/aromatic N) is 2. The van der Waals surface area contributed by atoms with Crippen LogP contribution in [0.25, 0.3) is 0 Å². The van der Waals surface area contributed by atoms with Crippen LogP contribution in [0.3, 0.4) is 0 Å². The van der Waals surface area contributed by atoms with E-state index in [0.717, 1.165) is 51.4 Å². The molecular weight excluding hydrogens is 241 g/mol. The van der Waals surface area contributed by atoms with Crippen molar-refractivity contribution in [3.05, 3.63) is 35.1 Å². The summed E-state index contributed by atoms with van der Waals surface area (Å²) in [6, 6.07) is 5.45. The molecule has 0 aliphatic carbocycles. The first-order chi connectivity index (χ1) is 9.15. The normalized spacial score (nSPS) is 17.8. The molecule has 1 saturated heterocycles. The average molecular weight is 265 g/mol. The molecular formula is C15H24FN3. The summed E-state index contributed by atoms with van der Waals surface area (Å²) < 4.78 is 13.4. The smallest absolute Gasteiger partial charge is 0.126 e. The van der Waals surface area contributed by atoms with Crippen molar-refractivity contribution in [1.29, 1.82) is 0 Å². The number of nitrogens with one attached hydrogen (secondary N) is 1. The van der Waals surface area contributed by atoms with Gasteiger partial charge in [-0.25, -0.2) is 4.39 Å². The van der Waals surface area contributed by atoms with E-state index in [4.69, 9.17) is 0 Å². The molecule has 19 heavy (non-hydrogen) atoms. The first-order valence-electron chi connectivity index (χ1n) is 7.02. The summed E-state index contributed by atoms with van der Waals surface area (Å²) in [5.74, 6) is -0.113. The maximum Gasteiger partial charge on any atom is 0.126 e. The van der Waals surface area contributed by atoms with Crippen LogP contribution in [-0.4, -0.2) is 56.1 Å². The molecule has 0 atom stereocenters. The Balaban J connectivity index is 1.65. The van der Waals surface area contributed by atoms with Gasteiger partial charge in [0.25, 0.3) is 0 Å². The minimum atomic E-state index is -0.113. The summed E-state index contributed by atoms with van der Waals surface area (Å²) in [4.78, 5) is 4.84. The molecule has 106 valence electrons. The highest BCUT2D eigenvalue weighted by Crippen LogP contribution is 2.08. The van der Waals surface area contributed by atoms with Gasteiger partial charge in [0.15, 0.2) is 0 Å². The van der Waals surface area contributed by atoms with Crippen LogP contribution in [0.1, 0.15) is 11.1 Å². The highest BCUT2D eigenvalue weighted by molar-refractivity contribution is 5.23. The average Bonchev–Trinajstić information content (AvgIpc) is 2.41. The topological polar surface area (TPSA) is 18.5 Å². The predicted octanol–water partition coefficient (Wildman–Crippen LogP) is 1.47. The minimum absolute atomic E-state index is 0.113. The van der Waals surface area contributed by atoms with Gasteiger partial charge in [-0.05, 0) is 31.2 Å². The van der Waals surface area contributed by atoms with Crippen LogP contribution in [0.2, 0.25) is 0 Å². The number of hydrogen-bond acceptors (Lipinski definition) is 3. The first-order valence-corrected chi connectivity index (χ1v) is 7.02. The van der Waals surface area contributed by atoms with Crippen molar-refractivity contribution in [3.8, 4) is 0 Å². The van der Waals surface area contributed by atoms with E-state index in [0.29, 0.717) is 5.56 Å². The Bertz CT molecular complexity index is 400. The van der Waals surface area contributed by atoms with E-state index in [2.05, 4.69) is 22.2 Å². The zero-order valence-electron chi connectivity index (χ0n) is 12.0. The summed E-state index contributed by atoms with van der Waals surface area (Å²) in [5, 5.41) is 3.38. The Morgan fingerprint density at radius 2 is 1.95 bits per heavy atom. The molecule has 0 amide bonds. The van der Waals surface area contributed by atoms with Crippen molar-refractivity contribution in [1.82, 2.24) is 15.1 Å². The van der Waals surface area contributed by atoms with Crippen LogP contribution < -0.4 is 5.32 Å². The number of halogens is 1. The second-order valence-electron chi connectivity index (χ2n) is 5.41. The predicted molar refractivity (Wildman–Crippen MR) is 76.8 cm³/mol. The Morgan fingerprint density at radius 3 is 2.63 bits per heavy atom. The van der Waals surface area contributed by atoms with Crippen LogP contribution in [0.15, 0.2) is 18.2 Å². The SMILES string of the molecule is Cc1ccc(CNCCN2CCN(C)CC2)cc1F. The standard InChI is InChI=1S/C15H24FN3/c1-13-3-4-14(11-15(13)16)12-17-5-6-19-9-7-18(2)8-10-19/h3-4,11,17H,5-10,12H2,1-2H3. The summed E-state index contributed by atoms with van der Waals surface area (Å²) in [6.45, 7) is 9.17. The van der Waals surface area contributed by atoms with Crippen LogP contribution in [0, 0.1) is 12.7 Å². The number of piperazine rings is 1. The molecule has 4 heteroatoms. The number of benzene rings is 1. The fourth-order valence-electron chi connectivity index (χ4n) is 2.29. The van der Waals surface area contributed by atoms with E-state index >= 15 is 0 Å². The number of hydrogen-bond donors (Lipinski definition) is 1. The summed E-state index contributed by atoms with van der Waals surface area (Å²) in [7, 11) is 2.17. The van der Waals surface area contributed by atoms with Crippen molar-refractivity contribution < 1.29 is 4.39 Å². The Kier molecular flexibility index (Phi) is 5.31. The van der Waals surface area contributed by atoms with Crippen molar-refractivity contribution >= 4 is 0 Å². The molecule has 3 nitrogen and oxygen atoms in total. The first kappa shape index (κ1) is 14.4. The summed E-state index contributed by atoms with van der Waals surface area (Å²) >= 11 is 0. The van der Waals surface area contributed by atoms with E-state index in [1.54, 1.807) is 13.0 Å². The van der Waals surface area contributed by atoms with Crippen LogP contribution in [0.5, 0.6) is 0 Å². The third-order valence-electron chi connectivity index (χ3n) is 3.77. The van der Waals surface area contributed by atoms with E-state index < -0.39 is 0 Å². The lowest BCUT2D eigenvalue weighted by Crippen LogP contribution is -2.46. The molecule has 1 aliphatic rings. The number of aryl methyl sites for hydroxylation is 1. The maximum atomic E-state index is 13.4. The van der Waals surface area contributed by atoms with Crippen molar-refractivity contribution in [2.24, 2.45) is 0 Å². The molecule has 1 aliphatic heterocycles. The van der Waals surface area contributed by atoms with E-state index in [-0.39, 0.29) is 5.82 Å². The fourth-order valence-corrected chi connectivity index (χ4v) is 2.29. The number of likely N-dealkylation sites (N-methyl/N-ethyl adjacent to an activating group) is 1. The molecule has 0 radical (unpaired) electrons. The Labute approximate surface area is 115 Å². The number of rotatable bonds is 5. The molecule has 0 saturated carbocycles. The van der Waals surface area contributed by atoms with E-state index in [9.17, 15) is 4.39 Å². The summed E-state index contributed by atoms with van der Waals surface area (Å²) in [5.41, 5.74) is 1.72. The van der Waals surface area contributed by atoms with Crippen molar-refractivity contribution in [2.75, 3.05) is 46.3 Å². The summed E-state index contributed by atoms with van der Waals surface area (Å²) in [6.07, 6.45) is 0. The van der Waals surface area contributed by atoms with E-state index in [1.165, 1.54) is 0 Å². The molecule has 1 aromatic rings. The lowest BCUT2D eigenvalue weighted by molar-refractivity contribution is 0.154.